The molecule has 1 aromatic rings. The number of aromatic nitrogens is 2. The molecule has 2 heterocycles. The summed E-state index contributed by atoms with van der Waals surface area (Å²) in [5, 5.41) is 8.04. The SMILES string of the molecule is Cn1nccc1CNCC1(O[Si](C)(C)C(C)(C)C)CCOCC1. The first kappa shape index (κ1) is 18.6. The van der Waals surface area contributed by atoms with Gasteiger partial charge >= 0.3 is 0 Å². The van der Waals surface area contributed by atoms with Gasteiger partial charge in [-0.05, 0) is 37.0 Å². The highest BCUT2D eigenvalue weighted by Crippen LogP contribution is 2.41. The van der Waals surface area contributed by atoms with Gasteiger partial charge in [-0.15, -0.1) is 0 Å². The van der Waals surface area contributed by atoms with Crippen LogP contribution in [0.5, 0.6) is 0 Å². The molecule has 1 saturated heterocycles. The lowest BCUT2D eigenvalue weighted by Crippen LogP contribution is -2.56. The second-order valence-corrected chi connectivity index (χ2v) is 12.9. The zero-order valence-electron chi connectivity index (χ0n) is 15.6. The number of nitrogens with zero attached hydrogens (tertiary/aromatic N) is 2. The van der Waals surface area contributed by atoms with E-state index in [0.29, 0.717) is 0 Å². The van der Waals surface area contributed by atoms with Gasteiger partial charge in [-0.1, -0.05) is 20.8 Å². The predicted molar refractivity (Wildman–Crippen MR) is 96.0 cm³/mol. The topological polar surface area (TPSA) is 48.3 Å². The van der Waals surface area contributed by atoms with Crippen LogP contribution in [0.2, 0.25) is 18.1 Å². The number of aryl methyl sites for hydroxylation is 1. The van der Waals surface area contributed by atoms with E-state index in [2.05, 4.69) is 50.3 Å². The van der Waals surface area contributed by atoms with E-state index in [0.717, 1.165) is 39.1 Å². The van der Waals surface area contributed by atoms with Crippen LogP contribution in [-0.4, -0.2) is 43.5 Å². The molecule has 6 heteroatoms. The van der Waals surface area contributed by atoms with Crippen molar-refractivity contribution in [2.75, 3.05) is 19.8 Å². The van der Waals surface area contributed by atoms with Gasteiger partial charge < -0.3 is 14.5 Å². The molecule has 132 valence electrons. The van der Waals surface area contributed by atoms with Gasteiger partial charge in [-0.2, -0.15) is 5.10 Å². The molecule has 0 radical (unpaired) electrons. The summed E-state index contributed by atoms with van der Waals surface area (Å²) >= 11 is 0. The lowest BCUT2D eigenvalue weighted by Gasteiger charge is -2.47. The average molecular weight is 340 g/mol. The monoisotopic (exact) mass is 339 g/mol. The van der Waals surface area contributed by atoms with E-state index in [4.69, 9.17) is 9.16 Å². The highest BCUT2D eigenvalue weighted by molar-refractivity contribution is 6.74. The second-order valence-electron chi connectivity index (χ2n) is 8.21. The van der Waals surface area contributed by atoms with Crippen molar-refractivity contribution < 1.29 is 9.16 Å². The van der Waals surface area contributed by atoms with Gasteiger partial charge in [0.2, 0.25) is 0 Å². The maximum Gasteiger partial charge on any atom is 0.192 e. The van der Waals surface area contributed by atoms with E-state index >= 15 is 0 Å². The molecule has 2 rings (SSSR count). The van der Waals surface area contributed by atoms with Crippen LogP contribution in [-0.2, 0) is 22.8 Å². The summed E-state index contributed by atoms with van der Waals surface area (Å²) < 4.78 is 14.4. The predicted octanol–water partition coefficient (Wildman–Crippen LogP) is 3.08. The minimum Gasteiger partial charge on any atom is -0.410 e. The molecule has 0 saturated carbocycles. The normalized spacial score (nSPS) is 19.0. The molecule has 1 N–H and O–H groups in total. The van der Waals surface area contributed by atoms with Crippen molar-refractivity contribution in [1.82, 2.24) is 15.1 Å². The molecule has 0 atom stereocenters. The van der Waals surface area contributed by atoms with Crippen LogP contribution in [0.1, 0.15) is 39.3 Å². The maximum atomic E-state index is 6.85. The Kier molecular flexibility index (Phi) is 5.71. The average Bonchev–Trinajstić information content (AvgIpc) is 2.83. The van der Waals surface area contributed by atoms with Gasteiger partial charge in [-0.25, -0.2) is 0 Å². The highest BCUT2D eigenvalue weighted by Gasteiger charge is 2.45. The molecule has 1 aromatic heterocycles. The van der Waals surface area contributed by atoms with Gasteiger partial charge in [-0.3, -0.25) is 4.68 Å². The molecule has 0 spiro atoms. The number of hydrogen-bond donors (Lipinski definition) is 1. The fourth-order valence-electron chi connectivity index (χ4n) is 2.75. The summed E-state index contributed by atoms with van der Waals surface area (Å²) in [7, 11) is 0.175. The Morgan fingerprint density at radius 2 is 2.00 bits per heavy atom. The van der Waals surface area contributed by atoms with Crippen LogP contribution in [0, 0.1) is 0 Å². The first-order valence-electron chi connectivity index (χ1n) is 8.61. The first-order valence-corrected chi connectivity index (χ1v) is 11.5. The molecule has 5 nitrogen and oxygen atoms in total. The van der Waals surface area contributed by atoms with Crippen molar-refractivity contribution in [2.45, 2.75) is 63.9 Å². The summed E-state index contributed by atoms with van der Waals surface area (Å²) in [6, 6.07) is 2.05. The standard InChI is InChI=1S/C17H33N3O2Si/c1-16(2,3)23(5,6)22-17(8-11-21-12-9-17)14-18-13-15-7-10-19-20(15)4/h7,10,18H,8-9,11-14H2,1-6H3. The van der Waals surface area contributed by atoms with Crippen molar-refractivity contribution in [3.63, 3.8) is 0 Å². The van der Waals surface area contributed by atoms with Crippen LogP contribution in [0.25, 0.3) is 0 Å². The Labute approximate surface area is 141 Å². The first-order chi connectivity index (χ1) is 10.7. The molecule has 1 fully saturated rings. The molecule has 0 unspecified atom stereocenters. The van der Waals surface area contributed by atoms with E-state index in [1.165, 1.54) is 5.69 Å². The number of nitrogens with one attached hydrogen (secondary N) is 1. The van der Waals surface area contributed by atoms with E-state index in [1.54, 1.807) is 0 Å². The third-order valence-corrected chi connectivity index (χ3v) is 9.91. The van der Waals surface area contributed by atoms with Crippen LogP contribution in [0.3, 0.4) is 0 Å². The van der Waals surface area contributed by atoms with Gasteiger partial charge in [0.1, 0.15) is 0 Å². The molecule has 0 amide bonds. The van der Waals surface area contributed by atoms with E-state index in [1.807, 2.05) is 17.9 Å². The van der Waals surface area contributed by atoms with Gasteiger partial charge in [0.25, 0.3) is 0 Å². The van der Waals surface area contributed by atoms with Crippen LogP contribution in [0.15, 0.2) is 12.3 Å². The zero-order valence-corrected chi connectivity index (χ0v) is 16.6. The van der Waals surface area contributed by atoms with Crippen LogP contribution in [0.4, 0.5) is 0 Å². The van der Waals surface area contributed by atoms with E-state index < -0.39 is 8.32 Å². The molecule has 0 aromatic carbocycles. The number of rotatable bonds is 6. The van der Waals surface area contributed by atoms with Crippen molar-refractivity contribution in [1.29, 1.82) is 0 Å². The van der Waals surface area contributed by atoms with Gasteiger partial charge in [0.05, 0.1) is 11.3 Å². The zero-order chi connectivity index (χ0) is 17.1. The van der Waals surface area contributed by atoms with Crippen molar-refractivity contribution in [2.24, 2.45) is 7.05 Å². The van der Waals surface area contributed by atoms with E-state index in [-0.39, 0.29) is 10.6 Å². The quantitative estimate of drug-likeness (QED) is 0.809. The minimum absolute atomic E-state index is 0.0974. The Hall–Kier alpha value is -0.693. The third-order valence-electron chi connectivity index (χ3n) is 5.36. The van der Waals surface area contributed by atoms with Crippen molar-refractivity contribution in [3.8, 4) is 0 Å². The molecular formula is C17H33N3O2Si. The minimum atomic E-state index is -1.80. The third kappa shape index (κ3) is 4.65. The van der Waals surface area contributed by atoms with Crippen LogP contribution >= 0.6 is 0 Å². The lowest BCUT2D eigenvalue weighted by molar-refractivity contribution is -0.0527. The Morgan fingerprint density at radius 1 is 1.35 bits per heavy atom. The second kappa shape index (κ2) is 7.05. The summed E-state index contributed by atoms with van der Waals surface area (Å²) in [6.45, 7) is 14.9. The molecule has 1 aliphatic heterocycles. The largest absolute Gasteiger partial charge is 0.410 e. The Balaban J connectivity index is 2.02. The van der Waals surface area contributed by atoms with Gasteiger partial charge in [0.15, 0.2) is 8.32 Å². The summed E-state index contributed by atoms with van der Waals surface area (Å²) in [5.41, 5.74) is 1.10. The molecule has 0 aliphatic carbocycles. The Bertz CT molecular complexity index is 502. The van der Waals surface area contributed by atoms with E-state index in [9.17, 15) is 0 Å². The summed E-state index contributed by atoms with van der Waals surface area (Å²) in [4.78, 5) is 0. The molecular weight excluding hydrogens is 306 g/mol. The molecule has 0 bridgehead atoms. The number of ether oxygens (including phenoxy) is 1. The molecule has 1 aliphatic rings. The lowest BCUT2D eigenvalue weighted by atomic mass is 9.94. The molecule has 23 heavy (non-hydrogen) atoms. The Morgan fingerprint density at radius 3 is 2.52 bits per heavy atom. The highest BCUT2D eigenvalue weighted by atomic mass is 28.4. The maximum absolute atomic E-state index is 6.85. The fourth-order valence-corrected chi connectivity index (χ4v) is 4.41. The van der Waals surface area contributed by atoms with Gasteiger partial charge in [0, 0.05) is 39.5 Å². The fraction of sp³-hybridized carbons (Fsp3) is 0.824. The summed E-state index contributed by atoms with van der Waals surface area (Å²) in [5.74, 6) is 0. The van der Waals surface area contributed by atoms with Crippen LogP contribution < -0.4 is 5.32 Å². The van der Waals surface area contributed by atoms with Crippen molar-refractivity contribution in [3.05, 3.63) is 18.0 Å². The smallest absolute Gasteiger partial charge is 0.192 e. The van der Waals surface area contributed by atoms with Crippen molar-refractivity contribution >= 4 is 8.32 Å². The number of hydrogen-bond acceptors (Lipinski definition) is 4. The summed E-state index contributed by atoms with van der Waals surface area (Å²) in [6.07, 6.45) is 3.78.